The molecule has 0 fully saturated rings. The van der Waals surface area contributed by atoms with Gasteiger partial charge in [-0.15, -0.1) is 0 Å². The minimum absolute atomic E-state index is 0.180. The molecule has 0 radical (unpaired) electrons. The number of hydrogen-bond acceptors (Lipinski definition) is 6. The van der Waals surface area contributed by atoms with Crippen LogP contribution in [0.5, 0.6) is 0 Å². The minimum Gasteiger partial charge on any atom is -0.403 e. The van der Waals surface area contributed by atoms with Crippen molar-refractivity contribution >= 4 is 5.82 Å². The number of hydrazine groups is 1. The topological polar surface area (TPSA) is 116 Å². The van der Waals surface area contributed by atoms with E-state index in [4.69, 9.17) is 17.3 Å². The number of nitrogens with two attached hydrogens (primary N) is 3. The zero-order valence-electron chi connectivity index (χ0n) is 8.42. The second-order valence-corrected chi connectivity index (χ2v) is 3.06. The van der Waals surface area contributed by atoms with E-state index < -0.39 is 5.69 Å². The molecule has 1 heterocycles. The van der Waals surface area contributed by atoms with E-state index in [1.807, 2.05) is 0 Å². The van der Waals surface area contributed by atoms with Crippen LogP contribution in [0, 0.1) is 0 Å². The lowest BCUT2D eigenvalue weighted by atomic mass is 10.3. The van der Waals surface area contributed by atoms with Crippen LogP contribution in [0.2, 0.25) is 0 Å². The molecule has 15 heavy (non-hydrogen) atoms. The molecule has 1 aromatic heterocycles. The van der Waals surface area contributed by atoms with Crippen LogP contribution in [-0.4, -0.2) is 14.6 Å². The molecular weight excluding hydrogens is 196 g/mol. The van der Waals surface area contributed by atoms with E-state index in [0.29, 0.717) is 12.1 Å². The first-order valence-electron chi connectivity index (χ1n) is 4.26. The van der Waals surface area contributed by atoms with Crippen LogP contribution in [0.1, 0.15) is 5.56 Å². The first-order valence-corrected chi connectivity index (χ1v) is 4.26. The van der Waals surface area contributed by atoms with Gasteiger partial charge in [-0.05, 0) is 0 Å². The summed E-state index contributed by atoms with van der Waals surface area (Å²) in [4.78, 5) is 14.7. The fourth-order valence-corrected chi connectivity index (χ4v) is 1.09. The second-order valence-electron chi connectivity index (χ2n) is 3.06. The number of aromatic nitrogens is 2. The van der Waals surface area contributed by atoms with Gasteiger partial charge in [0.2, 0.25) is 0 Å². The van der Waals surface area contributed by atoms with Crippen molar-refractivity contribution in [3.8, 4) is 0 Å². The zero-order chi connectivity index (χ0) is 11.4. The van der Waals surface area contributed by atoms with Crippen molar-refractivity contribution in [1.29, 1.82) is 0 Å². The third-order valence-corrected chi connectivity index (χ3v) is 1.83. The van der Waals surface area contributed by atoms with Gasteiger partial charge in [0.25, 0.3) is 0 Å². The highest BCUT2D eigenvalue weighted by atomic mass is 16.1. The molecule has 0 bridgehead atoms. The zero-order valence-corrected chi connectivity index (χ0v) is 8.42. The van der Waals surface area contributed by atoms with Gasteiger partial charge in [0, 0.05) is 31.2 Å². The normalized spacial score (nSPS) is 10.8. The molecule has 0 amide bonds. The van der Waals surface area contributed by atoms with Crippen LogP contribution < -0.4 is 23.0 Å². The number of hydrogen-bond donors (Lipinski definition) is 3. The number of nitrogens with zero attached hydrogens (tertiary/aromatic N) is 3. The number of aryl methyl sites for hydroxylation is 1. The molecule has 1 rings (SSSR count). The van der Waals surface area contributed by atoms with Gasteiger partial charge in [0.15, 0.2) is 0 Å². The first kappa shape index (κ1) is 11.1. The highest BCUT2D eigenvalue weighted by Gasteiger charge is 2.05. The number of anilines is 1. The van der Waals surface area contributed by atoms with Crippen LogP contribution >= 0.6 is 0 Å². The maximum absolute atomic E-state index is 11.1. The van der Waals surface area contributed by atoms with Crippen LogP contribution in [0.15, 0.2) is 23.4 Å². The van der Waals surface area contributed by atoms with Gasteiger partial charge in [-0.3, -0.25) is 0 Å². The van der Waals surface area contributed by atoms with E-state index in [-0.39, 0.29) is 5.82 Å². The third kappa shape index (κ3) is 2.71. The van der Waals surface area contributed by atoms with Gasteiger partial charge in [-0.1, -0.05) is 0 Å². The predicted molar refractivity (Wildman–Crippen MR) is 56.9 cm³/mol. The molecule has 0 saturated carbocycles. The lowest BCUT2D eigenvalue weighted by molar-refractivity contribution is 0.384. The molecule has 0 aliphatic heterocycles. The summed E-state index contributed by atoms with van der Waals surface area (Å²) in [6.07, 6.45) is 4.39. The van der Waals surface area contributed by atoms with Gasteiger partial charge in [0.05, 0.1) is 6.54 Å². The number of nitrogen functional groups attached to an aromatic ring is 1. The molecule has 82 valence electrons. The summed E-state index contributed by atoms with van der Waals surface area (Å²) < 4.78 is 1.34. The van der Waals surface area contributed by atoms with Crippen molar-refractivity contribution in [2.45, 2.75) is 6.54 Å². The summed E-state index contributed by atoms with van der Waals surface area (Å²) in [6, 6.07) is 0. The van der Waals surface area contributed by atoms with E-state index in [0.717, 1.165) is 0 Å². The summed E-state index contributed by atoms with van der Waals surface area (Å²) in [5.74, 6) is 5.75. The first-order chi connectivity index (χ1) is 7.04. The largest absolute Gasteiger partial charge is 0.403 e. The Balaban J connectivity index is 2.95. The van der Waals surface area contributed by atoms with E-state index in [2.05, 4.69) is 4.98 Å². The Bertz CT molecular complexity index is 424. The lowest BCUT2D eigenvalue weighted by Crippen LogP contribution is -2.28. The van der Waals surface area contributed by atoms with Crippen molar-refractivity contribution < 1.29 is 0 Å². The molecule has 0 saturated heterocycles. The van der Waals surface area contributed by atoms with Crippen molar-refractivity contribution in [3.63, 3.8) is 0 Å². The molecule has 0 aliphatic rings. The summed E-state index contributed by atoms with van der Waals surface area (Å²) in [7, 11) is 1.60. The van der Waals surface area contributed by atoms with Gasteiger partial charge >= 0.3 is 5.69 Å². The van der Waals surface area contributed by atoms with Gasteiger partial charge in [-0.25, -0.2) is 10.6 Å². The minimum atomic E-state index is -0.394. The summed E-state index contributed by atoms with van der Waals surface area (Å²) >= 11 is 0. The third-order valence-electron chi connectivity index (χ3n) is 1.83. The molecule has 0 aromatic carbocycles. The average molecular weight is 210 g/mol. The van der Waals surface area contributed by atoms with Gasteiger partial charge in [-0.2, -0.15) is 4.98 Å². The Kier molecular flexibility index (Phi) is 3.29. The molecule has 0 atom stereocenters. The monoisotopic (exact) mass is 210 g/mol. The van der Waals surface area contributed by atoms with Crippen LogP contribution in [0.3, 0.4) is 0 Å². The van der Waals surface area contributed by atoms with Crippen molar-refractivity contribution in [1.82, 2.24) is 14.6 Å². The van der Waals surface area contributed by atoms with Crippen LogP contribution in [-0.2, 0) is 13.6 Å². The summed E-state index contributed by atoms with van der Waals surface area (Å²) in [6.45, 7) is 0.334. The molecule has 0 spiro atoms. The predicted octanol–water partition coefficient (Wildman–Crippen LogP) is -1.53. The maximum Gasteiger partial charge on any atom is 0.349 e. The average Bonchev–Trinajstić information content (AvgIpc) is 2.14. The van der Waals surface area contributed by atoms with Crippen LogP contribution in [0.25, 0.3) is 0 Å². The lowest BCUT2D eigenvalue weighted by Gasteiger charge is -2.14. The van der Waals surface area contributed by atoms with E-state index in [1.54, 1.807) is 13.2 Å². The fraction of sp³-hybridized carbons (Fsp3) is 0.250. The smallest absolute Gasteiger partial charge is 0.349 e. The SMILES string of the molecule is Cn1cc(CN(N)/C=C\N)c(N)nc1=O. The Hall–Kier alpha value is -2.02. The quantitative estimate of drug-likeness (QED) is 0.411. The highest BCUT2D eigenvalue weighted by molar-refractivity contribution is 5.36. The molecule has 7 heteroatoms. The second kappa shape index (κ2) is 4.47. The Morgan fingerprint density at radius 1 is 1.67 bits per heavy atom. The van der Waals surface area contributed by atoms with Gasteiger partial charge in [0.1, 0.15) is 5.82 Å². The van der Waals surface area contributed by atoms with E-state index >= 15 is 0 Å². The number of rotatable bonds is 3. The molecule has 0 unspecified atom stereocenters. The standard InChI is InChI=1S/C8H14N6O/c1-13-4-6(5-14(11)3-2-9)7(10)12-8(13)15/h2-4H,5,9,11H2,1H3,(H2,10,12,15)/b3-2-. The molecular formula is C8H14N6O. The highest BCUT2D eigenvalue weighted by Crippen LogP contribution is 2.06. The van der Waals surface area contributed by atoms with E-state index in [1.165, 1.54) is 22.0 Å². The summed E-state index contributed by atoms with van der Waals surface area (Å²) in [5, 5.41) is 1.35. The fourth-order valence-electron chi connectivity index (χ4n) is 1.09. The van der Waals surface area contributed by atoms with Crippen molar-refractivity contribution in [3.05, 3.63) is 34.6 Å². The van der Waals surface area contributed by atoms with Crippen molar-refractivity contribution in [2.75, 3.05) is 5.73 Å². The van der Waals surface area contributed by atoms with Crippen LogP contribution in [0.4, 0.5) is 5.82 Å². The maximum atomic E-state index is 11.1. The molecule has 0 aliphatic carbocycles. The Labute approximate surface area is 86.8 Å². The molecule has 1 aromatic rings. The summed E-state index contributed by atoms with van der Waals surface area (Å²) in [5.41, 5.74) is 11.0. The Morgan fingerprint density at radius 3 is 2.93 bits per heavy atom. The molecule has 7 nitrogen and oxygen atoms in total. The Morgan fingerprint density at radius 2 is 2.33 bits per heavy atom. The van der Waals surface area contributed by atoms with Gasteiger partial charge < -0.3 is 21.0 Å². The van der Waals surface area contributed by atoms with Crippen molar-refractivity contribution in [2.24, 2.45) is 18.6 Å². The van der Waals surface area contributed by atoms with E-state index in [9.17, 15) is 4.79 Å². The molecule has 6 N–H and O–H groups in total.